The van der Waals surface area contributed by atoms with Crippen molar-refractivity contribution in [1.82, 2.24) is 14.8 Å². The molecule has 0 amide bonds. The summed E-state index contributed by atoms with van der Waals surface area (Å²) in [5.74, 6) is 0.835. The molecular formula is C19H13N3O2S. The topological polar surface area (TPSA) is 57.0 Å². The summed E-state index contributed by atoms with van der Waals surface area (Å²) in [4.78, 5) is 17.4. The first kappa shape index (κ1) is 14.4. The molecular weight excluding hydrogens is 334 g/mol. The van der Waals surface area contributed by atoms with Gasteiger partial charge in [-0.15, -0.1) is 0 Å². The number of rotatable bonds is 2. The number of ether oxygens (including phenoxy) is 1. The van der Waals surface area contributed by atoms with Crippen LogP contribution in [-0.2, 0) is 0 Å². The summed E-state index contributed by atoms with van der Waals surface area (Å²) in [5.41, 5.74) is 4.78. The minimum absolute atomic E-state index is 0.0390. The number of aryl methyl sites for hydroxylation is 1. The summed E-state index contributed by atoms with van der Waals surface area (Å²) in [6.07, 6.45) is 0. The number of carbonyl (C=O) groups is 1. The molecule has 0 fully saturated rings. The molecule has 0 saturated heterocycles. The van der Waals surface area contributed by atoms with E-state index in [1.165, 1.54) is 11.3 Å². The molecule has 2 aromatic heterocycles. The van der Waals surface area contributed by atoms with E-state index >= 15 is 0 Å². The summed E-state index contributed by atoms with van der Waals surface area (Å²) in [7, 11) is 1.65. The summed E-state index contributed by atoms with van der Waals surface area (Å²) in [6, 6.07) is 13.5. The van der Waals surface area contributed by atoms with Crippen LogP contribution in [0.3, 0.4) is 0 Å². The number of aromatic nitrogens is 3. The number of thiazole rings is 1. The Balaban J connectivity index is 1.77. The first-order valence-corrected chi connectivity index (χ1v) is 8.67. The fourth-order valence-corrected chi connectivity index (χ4v) is 4.27. The zero-order valence-corrected chi connectivity index (χ0v) is 14.4. The third-order valence-corrected chi connectivity index (χ3v) is 5.47. The molecule has 1 aliphatic carbocycles. The lowest BCUT2D eigenvalue weighted by Gasteiger charge is -2.02. The zero-order valence-electron chi connectivity index (χ0n) is 13.6. The van der Waals surface area contributed by atoms with E-state index in [2.05, 4.69) is 5.10 Å². The van der Waals surface area contributed by atoms with E-state index in [0.29, 0.717) is 5.56 Å². The zero-order chi connectivity index (χ0) is 17.1. The predicted molar refractivity (Wildman–Crippen MR) is 96.9 cm³/mol. The Morgan fingerprint density at radius 1 is 1.12 bits per heavy atom. The van der Waals surface area contributed by atoms with Crippen molar-refractivity contribution in [2.45, 2.75) is 6.92 Å². The number of hydrogen-bond acceptors (Lipinski definition) is 5. The number of carbonyl (C=O) groups excluding carboxylic acids is 1. The standard InChI is InChI=1S/C19H13N3O2S/c1-10-16-17(12-5-3-4-6-13(12)18(16)23)22(21-10)19-20-14-8-7-11(24-2)9-15(14)25-19/h3-9H,1-2H3. The summed E-state index contributed by atoms with van der Waals surface area (Å²) in [5, 5.41) is 5.35. The van der Waals surface area contributed by atoms with Crippen molar-refractivity contribution >= 4 is 27.3 Å². The van der Waals surface area contributed by atoms with Gasteiger partial charge in [0.05, 0.1) is 34.3 Å². The Morgan fingerprint density at radius 3 is 2.72 bits per heavy atom. The monoisotopic (exact) mass is 347 g/mol. The van der Waals surface area contributed by atoms with Gasteiger partial charge in [0, 0.05) is 11.1 Å². The van der Waals surface area contributed by atoms with Crippen LogP contribution < -0.4 is 4.74 Å². The molecule has 2 heterocycles. The molecule has 122 valence electrons. The van der Waals surface area contributed by atoms with E-state index in [1.54, 1.807) is 11.8 Å². The molecule has 1 aliphatic rings. The van der Waals surface area contributed by atoms with Crippen molar-refractivity contribution in [3.8, 4) is 22.1 Å². The fraction of sp³-hybridized carbons (Fsp3) is 0.105. The van der Waals surface area contributed by atoms with Crippen LogP contribution >= 0.6 is 11.3 Å². The lowest BCUT2D eigenvalue weighted by Crippen LogP contribution is -1.99. The SMILES string of the molecule is COc1ccc2nc(-n3nc(C)c4c3-c3ccccc3C4=O)sc2c1. The van der Waals surface area contributed by atoms with E-state index in [1.807, 2.05) is 49.4 Å². The first-order chi connectivity index (χ1) is 12.2. The Kier molecular flexibility index (Phi) is 2.87. The second kappa shape index (κ2) is 5.00. The van der Waals surface area contributed by atoms with Gasteiger partial charge in [-0.05, 0) is 25.1 Å². The van der Waals surface area contributed by atoms with Gasteiger partial charge in [-0.25, -0.2) is 9.67 Å². The van der Waals surface area contributed by atoms with Crippen molar-refractivity contribution in [3.05, 3.63) is 59.3 Å². The molecule has 0 saturated carbocycles. The molecule has 6 heteroatoms. The molecule has 2 aromatic carbocycles. The van der Waals surface area contributed by atoms with Crippen LogP contribution in [0.25, 0.3) is 26.6 Å². The summed E-state index contributed by atoms with van der Waals surface area (Å²) in [6.45, 7) is 1.87. The molecule has 0 N–H and O–H groups in total. The molecule has 0 radical (unpaired) electrons. The average Bonchev–Trinajstić information content (AvgIpc) is 3.28. The van der Waals surface area contributed by atoms with E-state index < -0.39 is 0 Å². The highest BCUT2D eigenvalue weighted by Gasteiger charge is 2.34. The molecule has 0 bridgehead atoms. The Bertz CT molecular complexity index is 1170. The number of fused-ring (bicyclic) bond motifs is 4. The number of ketones is 1. The lowest BCUT2D eigenvalue weighted by molar-refractivity contribution is 0.104. The molecule has 5 rings (SSSR count). The largest absolute Gasteiger partial charge is 0.497 e. The van der Waals surface area contributed by atoms with Gasteiger partial charge in [0.1, 0.15) is 5.75 Å². The number of hydrogen-bond donors (Lipinski definition) is 0. The Hall–Kier alpha value is -2.99. The highest BCUT2D eigenvalue weighted by Crippen LogP contribution is 2.40. The molecule has 0 aliphatic heterocycles. The van der Waals surface area contributed by atoms with Crippen LogP contribution in [0.4, 0.5) is 0 Å². The summed E-state index contributed by atoms with van der Waals surface area (Å²) < 4.78 is 8.11. The van der Waals surface area contributed by atoms with Gasteiger partial charge < -0.3 is 4.74 Å². The molecule has 0 spiro atoms. The van der Waals surface area contributed by atoms with Crippen molar-refractivity contribution in [1.29, 1.82) is 0 Å². The molecule has 25 heavy (non-hydrogen) atoms. The third kappa shape index (κ3) is 1.91. The van der Waals surface area contributed by atoms with Crippen LogP contribution in [0.1, 0.15) is 21.6 Å². The number of methoxy groups -OCH3 is 1. The van der Waals surface area contributed by atoms with Crippen LogP contribution in [0.2, 0.25) is 0 Å². The third-order valence-electron chi connectivity index (χ3n) is 4.48. The second-order valence-corrected chi connectivity index (χ2v) is 6.93. The average molecular weight is 347 g/mol. The number of nitrogens with zero attached hydrogens (tertiary/aromatic N) is 3. The van der Waals surface area contributed by atoms with Crippen molar-refractivity contribution in [2.75, 3.05) is 7.11 Å². The molecule has 4 aromatic rings. The second-order valence-electron chi connectivity index (χ2n) is 5.93. The maximum Gasteiger partial charge on any atom is 0.212 e. The van der Waals surface area contributed by atoms with E-state index in [0.717, 1.165) is 43.6 Å². The Morgan fingerprint density at radius 2 is 1.92 bits per heavy atom. The van der Waals surface area contributed by atoms with E-state index in [-0.39, 0.29) is 5.78 Å². The van der Waals surface area contributed by atoms with Gasteiger partial charge in [-0.3, -0.25) is 4.79 Å². The van der Waals surface area contributed by atoms with Crippen molar-refractivity contribution < 1.29 is 9.53 Å². The fourth-order valence-electron chi connectivity index (χ4n) is 3.32. The van der Waals surface area contributed by atoms with Crippen LogP contribution in [0.5, 0.6) is 5.75 Å². The quantitative estimate of drug-likeness (QED) is 0.484. The van der Waals surface area contributed by atoms with Gasteiger partial charge in [0.25, 0.3) is 0 Å². The van der Waals surface area contributed by atoms with Crippen LogP contribution in [-0.4, -0.2) is 27.7 Å². The summed E-state index contributed by atoms with van der Waals surface area (Å²) >= 11 is 1.53. The Labute approximate surface area is 147 Å². The maximum absolute atomic E-state index is 12.7. The van der Waals surface area contributed by atoms with Crippen molar-refractivity contribution in [3.63, 3.8) is 0 Å². The highest BCUT2D eigenvalue weighted by molar-refractivity contribution is 7.20. The van der Waals surface area contributed by atoms with Gasteiger partial charge >= 0.3 is 0 Å². The molecule has 0 atom stereocenters. The first-order valence-electron chi connectivity index (χ1n) is 7.86. The van der Waals surface area contributed by atoms with Crippen LogP contribution in [0, 0.1) is 6.92 Å². The van der Waals surface area contributed by atoms with Crippen molar-refractivity contribution in [2.24, 2.45) is 0 Å². The normalized spacial score (nSPS) is 12.5. The van der Waals surface area contributed by atoms with Gasteiger partial charge in [0.2, 0.25) is 5.13 Å². The van der Waals surface area contributed by atoms with E-state index in [9.17, 15) is 4.79 Å². The number of benzene rings is 2. The molecule has 5 nitrogen and oxygen atoms in total. The smallest absolute Gasteiger partial charge is 0.212 e. The predicted octanol–water partition coefficient (Wildman–Crippen LogP) is 4.01. The molecule has 0 unspecified atom stereocenters. The minimum atomic E-state index is 0.0390. The lowest BCUT2D eigenvalue weighted by atomic mass is 10.1. The van der Waals surface area contributed by atoms with Crippen LogP contribution in [0.15, 0.2) is 42.5 Å². The minimum Gasteiger partial charge on any atom is -0.497 e. The van der Waals surface area contributed by atoms with E-state index in [4.69, 9.17) is 9.72 Å². The van der Waals surface area contributed by atoms with Gasteiger partial charge in [-0.2, -0.15) is 5.10 Å². The van der Waals surface area contributed by atoms with Gasteiger partial charge in [-0.1, -0.05) is 35.6 Å². The highest BCUT2D eigenvalue weighted by atomic mass is 32.1. The van der Waals surface area contributed by atoms with Gasteiger partial charge in [0.15, 0.2) is 5.78 Å². The maximum atomic E-state index is 12.7.